The highest BCUT2D eigenvalue weighted by molar-refractivity contribution is 9.10. The fourth-order valence-corrected chi connectivity index (χ4v) is 2.68. The zero-order chi connectivity index (χ0) is 13.1. The minimum atomic E-state index is 0.118. The van der Waals surface area contributed by atoms with Crippen molar-refractivity contribution >= 4 is 21.8 Å². The second-order valence-electron chi connectivity index (χ2n) is 5.02. The molecule has 2 rings (SSSR count). The van der Waals surface area contributed by atoms with Gasteiger partial charge in [0.05, 0.1) is 0 Å². The SMILES string of the molecule is CC1CCN(C(=O)c2ccc(Br)cc2)CC1CN. The number of benzene rings is 1. The summed E-state index contributed by atoms with van der Waals surface area (Å²) in [5, 5.41) is 0. The van der Waals surface area contributed by atoms with Crippen molar-refractivity contribution in [3.8, 4) is 0 Å². The van der Waals surface area contributed by atoms with E-state index in [9.17, 15) is 4.79 Å². The van der Waals surface area contributed by atoms with Gasteiger partial charge in [0.15, 0.2) is 0 Å². The van der Waals surface area contributed by atoms with Crippen LogP contribution < -0.4 is 5.73 Å². The van der Waals surface area contributed by atoms with Crippen molar-refractivity contribution in [1.29, 1.82) is 0 Å². The quantitative estimate of drug-likeness (QED) is 0.912. The van der Waals surface area contributed by atoms with Gasteiger partial charge in [-0.25, -0.2) is 0 Å². The van der Waals surface area contributed by atoms with E-state index in [2.05, 4.69) is 22.9 Å². The van der Waals surface area contributed by atoms with Gasteiger partial charge >= 0.3 is 0 Å². The van der Waals surface area contributed by atoms with E-state index in [1.165, 1.54) is 0 Å². The molecule has 0 saturated carbocycles. The highest BCUT2D eigenvalue weighted by atomic mass is 79.9. The molecule has 2 atom stereocenters. The molecule has 1 aliphatic heterocycles. The van der Waals surface area contributed by atoms with Gasteiger partial charge in [-0.1, -0.05) is 22.9 Å². The zero-order valence-corrected chi connectivity index (χ0v) is 12.2. The van der Waals surface area contributed by atoms with Crippen molar-refractivity contribution in [1.82, 2.24) is 4.90 Å². The molecular weight excluding hydrogens is 292 g/mol. The first-order chi connectivity index (χ1) is 8.61. The molecule has 1 saturated heterocycles. The molecule has 1 aromatic carbocycles. The highest BCUT2D eigenvalue weighted by Crippen LogP contribution is 2.23. The first kappa shape index (κ1) is 13.6. The second-order valence-corrected chi connectivity index (χ2v) is 5.94. The lowest BCUT2D eigenvalue weighted by Gasteiger charge is -2.36. The Bertz CT molecular complexity index is 418. The Kier molecular flexibility index (Phi) is 4.40. The van der Waals surface area contributed by atoms with Crippen LogP contribution in [0.2, 0.25) is 0 Å². The van der Waals surface area contributed by atoms with E-state index in [-0.39, 0.29) is 5.91 Å². The van der Waals surface area contributed by atoms with Gasteiger partial charge in [0.2, 0.25) is 0 Å². The first-order valence-electron chi connectivity index (χ1n) is 6.36. The molecule has 0 aliphatic carbocycles. The summed E-state index contributed by atoms with van der Waals surface area (Å²) >= 11 is 3.38. The normalized spacial score (nSPS) is 24.1. The smallest absolute Gasteiger partial charge is 0.253 e. The number of nitrogens with two attached hydrogens (primary N) is 1. The van der Waals surface area contributed by atoms with E-state index < -0.39 is 0 Å². The van der Waals surface area contributed by atoms with Crippen molar-refractivity contribution in [2.24, 2.45) is 17.6 Å². The van der Waals surface area contributed by atoms with Crippen molar-refractivity contribution in [2.75, 3.05) is 19.6 Å². The van der Waals surface area contributed by atoms with Gasteiger partial charge in [0.1, 0.15) is 0 Å². The van der Waals surface area contributed by atoms with E-state index in [0.717, 1.165) is 29.5 Å². The number of likely N-dealkylation sites (tertiary alicyclic amines) is 1. The third-order valence-corrected chi connectivity index (χ3v) is 4.32. The van der Waals surface area contributed by atoms with E-state index in [1.54, 1.807) is 0 Å². The summed E-state index contributed by atoms with van der Waals surface area (Å²) < 4.78 is 0.992. The maximum atomic E-state index is 12.3. The summed E-state index contributed by atoms with van der Waals surface area (Å²) in [5.41, 5.74) is 6.52. The van der Waals surface area contributed by atoms with Gasteiger partial charge in [-0.3, -0.25) is 4.79 Å². The van der Waals surface area contributed by atoms with Gasteiger partial charge < -0.3 is 10.6 Å². The van der Waals surface area contributed by atoms with Gasteiger partial charge in [-0.2, -0.15) is 0 Å². The molecule has 4 heteroatoms. The van der Waals surface area contributed by atoms with E-state index in [4.69, 9.17) is 5.73 Å². The zero-order valence-electron chi connectivity index (χ0n) is 10.6. The van der Waals surface area contributed by atoms with Crippen LogP contribution >= 0.6 is 15.9 Å². The standard InChI is InChI=1S/C14H19BrN2O/c1-10-6-7-17(9-12(10)8-16)14(18)11-2-4-13(15)5-3-11/h2-5,10,12H,6-9,16H2,1H3. The van der Waals surface area contributed by atoms with Gasteiger partial charge in [-0.15, -0.1) is 0 Å². The van der Waals surface area contributed by atoms with Crippen molar-refractivity contribution < 1.29 is 4.79 Å². The predicted octanol–water partition coefficient (Wildman–Crippen LogP) is 2.51. The number of carbonyl (C=O) groups is 1. The number of piperidine rings is 1. The lowest BCUT2D eigenvalue weighted by atomic mass is 9.87. The minimum Gasteiger partial charge on any atom is -0.338 e. The van der Waals surface area contributed by atoms with Crippen LogP contribution in [0.4, 0.5) is 0 Å². The molecule has 2 N–H and O–H groups in total. The molecule has 3 nitrogen and oxygen atoms in total. The van der Waals surface area contributed by atoms with Crippen molar-refractivity contribution in [3.05, 3.63) is 34.3 Å². The molecule has 0 radical (unpaired) electrons. The number of amides is 1. The molecule has 1 heterocycles. The Labute approximate surface area is 116 Å². The van der Waals surface area contributed by atoms with Crippen LogP contribution in [0, 0.1) is 11.8 Å². The van der Waals surface area contributed by atoms with Crippen LogP contribution in [0.15, 0.2) is 28.7 Å². The summed E-state index contributed by atoms with van der Waals surface area (Å²) in [4.78, 5) is 14.3. The molecule has 0 aromatic heterocycles. The van der Waals surface area contributed by atoms with Crippen molar-refractivity contribution in [3.63, 3.8) is 0 Å². The van der Waals surface area contributed by atoms with Crippen LogP contribution in [0.1, 0.15) is 23.7 Å². The summed E-state index contributed by atoms with van der Waals surface area (Å²) in [6, 6.07) is 7.53. The monoisotopic (exact) mass is 310 g/mol. The average molecular weight is 311 g/mol. The van der Waals surface area contributed by atoms with Gasteiger partial charge in [0.25, 0.3) is 5.91 Å². The number of hydrogen-bond donors (Lipinski definition) is 1. The maximum Gasteiger partial charge on any atom is 0.253 e. The Morgan fingerprint density at radius 2 is 2.11 bits per heavy atom. The second kappa shape index (κ2) is 5.85. The molecule has 2 unspecified atom stereocenters. The summed E-state index contributed by atoms with van der Waals surface area (Å²) in [5.74, 6) is 1.16. The first-order valence-corrected chi connectivity index (χ1v) is 7.16. The average Bonchev–Trinajstić information content (AvgIpc) is 2.39. The maximum absolute atomic E-state index is 12.3. The Hall–Kier alpha value is -0.870. The lowest BCUT2D eigenvalue weighted by Crippen LogP contribution is -2.45. The van der Waals surface area contributed by atoms with Crippen molar-refractivity contribution in [2.45, 2.75) is 13.3 Å². The summed E-state index contributed by atoms with van der Waals surface area (Å²) in [6.45, 7) is 4.50. The Balaban J connectivity index is 2.07. The third kappa shape index (κ3) is 2.93. The molecule has 1 aromatic rings. The minimum absolute atomic E-state index is 0.118. The Morgan fingerprint density at radius 3 is 2.72 bits per heavy atom. The molecule has 1 amide bonds. The highest BCUT2D eigenvalue weighted by Gasteiger charge is 2.28. The van der Waals surface area contributed by atoms with Crippen LogP contribution in [0.5, 0.6) is 0 Å². The number of rotatable bonds is 2. The van der Waals surface area contributed by atoms with Crippen LogP contribution in [-0.4, -0.2) is 30.4 Å². The van der Waals surface area contributed by atoms with E-state index >= 15 is 0 Å². The molecule has 18 heavy (non-hydrogen) atoms. The molecule has 0 bridgehead atoms. The molecule has 1 fully saturated rings. The fraction of sp³-hybridized carbons (Fsp3) is 0.500. The van der Waals surface area contributed by atoms with Gasteiger partial charge in [-0.05, 0) is 49.1 Å². The largest absolute Gasteiger partial charge is 0.338 e. The summed E-state index contributed by atoms with van der Waals surface area (Å²) in [6.07, 6.45) is 1.05. The molecular formula is C14H19BrN2O. The third-order valence-electron chi connectivity index (χ3n) is 3.80. The van der Waals surface area contributed by atoms with E-state index in [0.29, 0.717) is 18.4 Å². The van der Waals surface area contributed by atoms with Gasteiger partial charge in [0, 0.05) is 23.1 Å². The number of hydrogen-bond acceptors (Lipinski definition) is 2. The molecule has 1 aliphatic rings. The number of carbonyl (C=O) groups excluding carboxylic acids is 1. The van der Waals surface area contributed by atoms with Crippen LogP contribution in [0.3, 0.4) is 0 Å². The molecule has 0 spiro atoms. The molecule has 98 valence electrons. The van der Waals surface area contributed by atoms with Crippen LogP contribution in [0.25, 0.3) is 0 Å². The topological polar surface area (TPSA) is 46.3 Å². The summed E-state index contributed by atoms with van der Waals surface area (Å²) in [7, 11) is 0. The Morgan fingerprint density at radius 1 is 1.44 bits per heavy atom. The fourth-order valence-electron chi connectivity index (χ4n) is 2.42. The van der Waals surface area contributed by atoms with E-state index in [1.807, 2.05) is 29.2 Å². The number of halogens is 1. The van der Waals surface area contributed by atoms with Crippen LogP contribution in [-0.2, 0) is 0 Å². The number of nitrogens with zero attached hydrogens (tertiary/aromatic N) is 1. The predicted molar refractivity (Wildman–Crippen MR) is 76.4 cm³/mol. The lowest BCUT2D eigenvalue weighted by molar-refractivity contribution is 0.0618.